The molecule has 1 aliphatic heterocycles. The van der Waals surface area contributed by atoms with Gasteiger partial charge in [-0.05, 0) is 53.9 Å². The molecule has 4 aromatic carbocycles. The number of aromatic nitrogens is 1. The van der Waals surface area contributed by atoms with Crippen LogP contribution in [0, 0.1) is 20.8 Å². The third-order valence-corrected chi connectivity index (χ3v) is 6.48. The molecule has 0 saturated carbocycles. The van der Waals surface area contributed by atoms with Crippen LogP contribution in [0.4, 0.5) is 0 Å². The molecule has 0 N–H and O–H groups in total. The Kier molecular flexibility index (Phi) is 3.18. The molecule has 29 heavy (non-hydrogen) atoms. The zero-order chi connectivity index (χ0) is 19.9. The molecule has 0 unspecified atom stereocenters. The summed E-state index contributed by atoms with van der Waals surface area (Å²) in [4.78, 5) is 0. The Bertz CT molecular complexity index is 1510. The third kappa shape index (κ3) is 2.09. The first-order valence-electron chi connectivity index (χ1n) is 10.1. The van der Waals surface area contributed by atoms with Crippen LogP contribution < -0.4 is 9.30 Å². The summed E-state index contributed by atoms with van der Waals surface area (Å²) in [6.45, 7) is 6.54. The van der Waals surface area contributed by atoms with Gasteiger partial charge in [0.2, 0.25) is 5.69 Å². The first-order valence-corrected chi connectivity index (χ1v) is 10.1. The van der Waals surface area contributed by atoms with Crippen molar-refractivity contribution in [2.45, 2.75) is 20.8 Å². The first kappa shape index (κ1) is 16.6. The number of aryl methyl sites for hydroxylation is 4. The van der Waals surface area contributed by atoms with Gasteiger partial charge in [-0.3, -0.25) is 0 Å². The van der Waals surface area contributed by atoms with E-state index in [1.807, 2.05) is 0 Å². The minimum Gasteiger partial charge on any atom is -0.455 e. The molecule has 0 radical (unpaired) electrons. The van der Waals surface area contributed by atoms with E-state index in [4.69, 9.17) is 4.74 Å². The predicted molar refractivity (Wildman–Crippen MR) is 120 cm³/mol. The van der Waals surface area contributed by atoms with Crippen LogP contribution in [0.15, 0.2) is 60.8 Å². The van der Waals surface area contributed by atoms with Crippen LogP contribution in [0.3, 0.4) is 0 Å². The fourth-order valence-corrected chi connectivity index (χ4v) is 5.04. The zero-order valence-corrected chi connectivity index (χ0v) is 17.1. The lowest BCUT2D eigenvalue weighted by Gasteiger charge is -2.24. The zero-order valence-electron chi connectivity index (χ0n) is 17.1. The van der Waals surface area contributed by atoms with Gasteiger partial charge in [-0.25, -0.2) is 4.57 Å². The second kappa shape index (κ2) is 5.57. The van der Waals surface area contributed by atoms with Gasteiger partial charge in [0.15, 0.2) is 6.20 Å². The molecule has 0 fully saturated rings. The van der Waals surface area contributed by atoms with Crippen LogP contribution in [0.25, 0.3) is 43.6 Å². The van der Waals surface area contributed by atoms with Crippen molar-refractivity contribution < 1.29 is 9.30 Å². The van der Waals surface area contributed by atoms with Crippen molar-refractivity contribution in [1.29, 1.82) is 0 Å². The van der Waals surface area contributed by atoms with Gasteiger partial charge in [0, 0.05) is 17.0 Å². The van der Waals surface area contributed by atoms with E-state index in [0.717, 1.165) is 11.5 Å². The van der Waals surface area contributed by atoms with Gasteiger partial charge < -0.3 is 4.74 Å². The summed E-state index contributed by atoms with van der Waals surface area (Å²) in [6.07, 6.45) is 2.18. The Balaban J connectivity index is 1.86. The largest absolute Gasteiger partial charge is 0.455 e. The van der Waals surface area contributed by atoms with E-state index in [2.05, 4.69) is 93.2 Å². The number of hydrogen-bond donors (Lipinski definition) is 0. The Morgan fingerprint density at radius 1 is 0.759 bits per heavy atom. The normalized spacial score (nSPS) is 12.4. The second-order valence-electron chi connectivity index (χ2n) is 8.26. The van der Waals surface area contributed by atoms with E-state index in [-0.39, 0.29) is 0 Å². The van der Waals surface area contributed by atoms with Crippen LogP contribution in [-0.4, -0.2) is 0 Å². The monoisotopic (exact) mass is 376 g/mol. The quantitative estimate of drug-likeness (QED) is 0.213. The summed E-state index contributed by atoms with van der Waals surface area (Å²) < 4.78 is 8.90. The van der Waals surface area contributed by atoms with E-state index in [9.17, 15) is 0 Å². The Labute approximate surface area is 170 Å². The third-order valence-electron chi connectivity index (χ3n) is 6.48. The number of hydrogen-bond acceptors (Lipinski definition) is 1. The molecule has 0 bridgehead atoms. The molecule has 1 aliphatic rings. The Morgan fingerprint density at radius 3 is 2.31 bits per heavy atom. The highest BCUT2D eigenvalue weighted by molar-refractivity contribution is 6.16. The minimum absolute atomic E-state index is 0.953. The summed E-state index contributed by atoms with van der Waals surface area (Å²) in [5.41, 5.74) is 6.20. The standard InChI is InChI=1S/C27H22NO/c1-15-9-10-21-18(13-15)14-23-25-22(21)11-12-28(4)26(25)24-16(2)19-7-5-6-8-20(19)17(3)27(24)29-23/h5-14H,1-4H3/q+1. The van der Waals surface area contributed by atoms with Gasteiger partial charge in [0.25, 0.3) is 0 Å². The maximum absolute atomic E-state index is 6.66. The molecular formula is C27H22NO+. The van der Waals surface area contributed by atoms with Gasteiger partial charge in [-0.15, -0.1) is 0 Å². The summed E-state index contributed by atoms with van der Waals surface area (Å²) in [7, 11) is 2.14. The van der Waals surface area contributed by atoms with Crippen molar-refractivity contribution in [3.8, 4) is 22.8 Å². The van der Waals surface area contributed by atoms with Crippen LogP contribution >= 0.6 is 0 Å². The predicted octanol–water partition coefficient (Wildman–Crippen LogP) is 6.67. The molecule has 0 amide bonds. The summed E-state index contributed by atoms with van der Waals surface area (Å²) in [5, 5.41) is 7.52. The summed E-state index contributed by atoms with van der Waals surface area (Å²) >= 11 is 0. The molecule has 2 nitrogen and oxygen atoms in total. The lowest BCUT2D eigenvalue weighted by Crippen LogP contribution is -2.32. The fraction of sp³-hybridized carbons (Fsp3) is 0.148. The van der Waals surface area contributed by atoms with E-state index < -0.39 is 0 Å². The summed E-state index contributed by atoms with van der Waals surface area (Å²) in [5.74, 6) is 1.94. The molecule has 2 heterocycles. The number of benzene rings is 4. The Hall–Kier alpha value is -3.39. The van der Waals surface area contributed by atoms with Crippen molar-refractivity contribution in [2.75, 3.05) is 0 Å². The number of fused-ring (bicyclic) bond motifs is 5. The van der Waals surface area contributed by atoms with Crippen LogP contribution in [0.1, 0.15) is 16.7 Å². The van der Waals surface area contributed by atoms with Gasteiger partial charge in [-0.2, -0.15) is 0 Å². The molecule has 0 atom stereocenters. The maximum Gasteiger partial charge on any atom is 0.228 e. The van der Waals surface area contributed by atoms with Gasteiger partial charge in [0.1, 0.15) is 18.5 Å². The van der Waals surface area contributed by atoms with Crippen LogP contribution in [0.2, 0.25) is 0 Å². The molecule has 5 aromatic rings. The Morgan fingerprint density at radius 2 is 1.52 bits per heavy atom. The minimum atomic E-state index is 0.953. The van der Waals surface area contributed by atoms with Crippen LogP contribution in [-0.2, 0) is 7.05 Å². The fourth-order valence-electron chi connectivity index (χ4n) is 5.04. The van der Waals surface area contributed by atoms with E-state index in [0.29, 0.717) is 0 Å². The van der Waals surface area contributed by atoms with Crippen molar-refractivity contribution >= 4 is 32.3 Å². The average molecular weight is 376 g/mol. The maximum atomic E-state index is 6.66. The van der Waals surface area contributed by atoms with Crippen molar-refractivity contribution in [1.82, 2.24) is 0 Å². The number of pyridine rings is 1. The van der Waals surface area contributed by atoms with Crippen molar-refractivity contribution in [3.05, 3.63) is 77.5 Å². The van der Waals surface area contributed by atoms with E-state index >= 15 is 0 Å². The molecule has 0 saturated heterocycles. The average Bonchev–Trinajstić information content (AvgIpc) is 2.73. The molecule has 1 aromatic heterocycles. The highest BCUT2D eigenvalue weighted by Crippen LogP contribution is 2.51. The van der Waals surface area contributed by atoms with Crippen molar-refractivity contribution in [2.24, 2.45) is 7.05 Å². The lowest BCUT2D eigenvalue weighted by molar-refractivity contribution is -0.659. The number of rotatable bonds is 0. The van der Waals surface area contributed by atoms with Gasteiger partial charge in [0.05, 0.1) is 10.9 Å². The molecule has 2 heteroatoms. The molecule has 0 aliphatic carbocycles. The molecule has 0 spiro atoms. The lowest BCUT2D eigenvalue weighted by atomic mass is 9.88. The topological polar surface area (TPSA) is 13.1 Å². The number of ether oxygens (including phenoxy) is 1. The van der Waals surface area contributed by atoms with E-state index in [1.54, 1.807) is 0 Å². The first-order chi connectivity index (χ1) is 14.0. The second-order valence-corrected chi connectivity index (χ2v) is 8.26. The van der Waals surface area contributed by atoms with Crippen LogP contribution in [0.5, 0.6) is 11.5 Å². The number of nitrogens with zero attached hydrogens (tertiary/aromatic N) is 1. The highest BCUT2D eigenvalue weighted by Gasteiger charge is 2.32. The summed E-state index contributed by atoms with van der Waals surface area (Å²) in [6, 6.07) is 19.7. The SMILES string of the molecule is Cc1ccc2c(c1)cc1c3c([n+](C)ccc32)-c2c(c(C)c3ccccc3c2C)O1. The molecule has 140 valence electrons. The van der Waals surface area contributed by atoms with E-state index in [1.165, 1.54) is 60.3 Å². The van der Waals surface area contributed by atoms with Gasteiger partial charge in [-0.1, -0.05) is 48.0 Å². The smallest absolute Gasteiger partial charge is 0.228 e. The van der Waals surface area contributed by atoms with Crippen molar-refractivity contribution in [3.63, 3.8) is 0 Å². The highest BCUT2D eigenvalue weighted by atomic mass is 16.5. The molecule has 6 rings (SSSR count). The molecular weight excluding hydrogens is 354 g/mol. The van der Waals surface area contributed by atoms with Gasteiger partial charge >= 0.3 is 0 Å².